The van der Waals surface area contributed by atoms with Crippen molar-refractivity contribution in [1.82, 2.24) is 10.5 Å². The third-order valence-electron chi connectivity index (χ3n) is 6.68. The van der Waals surface area contributed by atoms with E-state index in [1.165, 1.54) is 13.3 Å². The molecule has 202 valence electrons. The minimum Gasteiger partial charge on any atom is -0.618 e. The number of carbonyl (C=O) groups excluding carboxylic acids is 2. The van der Waals surface area contributed by atoms with Crippen LogP contribution in [0.5, 0.6) is 0 Å². The molecular weight excluding hydrogens is 522 g/mol. The summed E-state index contributed by atoms with van der Waals surface area (Å²) < 4.78 is 38.2. The molecule has 0 bridgehead atoms. The lowest BCUT2D eigenvalue weighted by atomic mass is 9.81. The zero-order chi connectivity index (χ0) is 27.4. The van der Waals surface area contributed by atoms with Crippen molar-refractivity contribution in [3.8, 4) is 11.1 Å². The first-order valence-electron chi connectivity index (χ1n) is 12.0. The summed E-state index contributed by atoms with van der Waals surface area (Å²) >= 11 is 6.03. The highest BCUT2D eigenvalue weighted by Crippen LogP contribution is 2.38. The molecule has 1 aromatic carbocycles. The number of ether oxygens (including phenoxy) is 1. The molecule has 2 N–H and O–H groups in total. The Labute approximate surface area is 222 Å². The molecule has 1 atom stereocenters. The summed E-state index contributed by atoms with van der Waals surface area (Å²) in [5.41, 5.74) is 2.60. The van der Waals surface area contributed by atoms with Gasteiger partial charge in [0, 0.05) is 32.6 Å². The first-order chi connectivity index (χ1) is 18.1. The molecule has 0 spiro atoms. The molecule has 1 saturated carbocycles. The molecule has 2 aromatic heterocycles. The van der Waals surface area contributed by atoms with Crippen LogP contribution in [0.2, 0.25) is 5.02 Å². The fourth-order valence-electron chi connectivity index (χ4n) is 4.55. The molecule has 9 nitrogen and oxygen atoms in total. The van der Waals surface area contributed by atoms with Gasteiger partial charge in [-0.1, -0.05) is 28.9 Å². The van der Waals surface area contributed by atoms with Crippen molar-refractivity contribution in [2.75, 3.05) is 12.4 Å². The van der Waals surface area contributed by atoms with Crippen molar-refractivity contribution >= 4 is 29.1 Å². The highest BCUT2D eigenvalue weighted by molar-refractivity contribution is 6.30. The van der Waals surface area contributed by atoms with Gasteiger partial charge in [-0.25, -0.2) is 8.78 Å². The zero-order valence-corrected chi connectivity index (χ0v) is 21.6. The summed E-state index contributed by atoms with van der Waals surface area (Å²) in [6.45, 7) is 1.69. The lowest BCUT2D eigenvalue weighted by molar-refractivity contribution is -0.611. The SMILES string of the molecule is COCc1nocc1C(=O)N[C@H](C(=O)Nc1ccc(-c2cc(Cl)c[n+]([O-])c2C)cc1)C1CCC(F)(F)CC1. The first kappa shape index (κ1) is 27.5. The van der Waals surface area contributed by atoms with E-state index in [2.05, 4.69) is 15.8 Å². The molecule has 4 rings (SSSR count). The molecule has 1 aliphatic carbocycles. The van der Waals surface area contributed by atoms with E-state index in [4.69, 9.17) is 20.9 Å². The van der Waals surface area contributed by atoms with Crippen LogP contribution in [0.1, 0.15) is 47.4 Å². The van der Waals surface area contributed by atoms with Gasteiger partial charge in [0.05, 0.1) is 12.2 Å². The van der Waals surface area contributed by atoms with Crippen LogP contribution < -0.4 is 15.4 Å². The maximum Gasteiger partial charge on any atom is 0.257 e. The lowest BCUT2D eigenvalue weighted by Gasteiger charge is -2.33. The van der Waals surface area contributed by atoms with Gasteiger partial charge in [-0.2, -0.15) is 4.73 Å². The van der Waals surface area contributed by atoms with Gasteiger partial charge in [-0.3, -0.25) is 9.59 Å². The topological polar surface area (TPSA) is 120 Å². The molecule has 38 heavy (non-hydrogen) atoms. The smallest absolute Gasteiger partial charge is 0.257 e. The summed E-state index contributed by atoms with van der Waals surface area (Å²) in [6, 6.07) is 7.33. The molecule has 1 aliphatic rings. The number of rotatable bonds is 8. The largest absolute Gasteiger partial charge is 0.618 e. The molecule has 0 aliphatic heterocycles. The van der Waals surface area contributed by atoms with Crippen molar-refractivity contribution in [3.63, 3.8) is 0 Å². The molecule has 1 fully saturated rings. The van der Waals surface area contributed by atoms with Gasteiger partial charge in [0.25, 0.3) is 5.91 Å². The Morgan fingerprint density at radius 2 is 1.97 bits per heavy atom. The highest BCUT2D eigenvalue weighted by Gasteiger charge is 2.40. The van der Waals surface area contributed by atoms with Crippen LogP contribution in [0, 0.1) is 18.0 Å². The number of carbonyl (C=O) groups is 2. The number of nitrogens with one attached hydrogen (secondary N) is 2. The molecule has 3 aromatic rings. The number of methoxy groups -OCH3 is 1. The Bertz CT molecular complexity index is 1310. The summed E-state index contributed by atoms with van der Waals surface area (Å²) in [6.07, 6.45) is 1.82. The number of pyridine rings is 1. The summed E-state index contributed by atoms with van der Waals surface area (Å²) in [4.78, 5) is 26.3. The molecule has 2 heterocycles. The van der Waals surface area contributed by atoms with Crippen LogP contribution >= 0.6 is 11.6 Å². The van der Waals surface area contributed by atoms with Gasteiger partial charge in [0.1, 0.15) is 28.6 Å². The van der Waals surface area contributed by atoms with Crippen LogP contribution in [0.25, 0.3) is 11.1 Å². The fraction of sp³-hybridized carbons (Fsp3) is 0.385. The van der Waals surface area contributed by atoms with Crippen LogP contribution in [-0.2, 0) is 16.1 Å². The normalized spacial score (nSPS) is 16.1. The van der Waals surface area contributed by atoms with E-state index in [1.54, 1.807) is 37.3 Å². The van der Waals surface area contributed by atoms with Gasteiger partial charge in [0.15, 0.2) is 11.9 Å². The number of amides is 2. The van der Waals surface area contributed by atoms with E-state index in [0.717, 1.165) is 6.26 Å². The van der Waals surface area contributed by atoms with Crippen molar-refractivity contribution in [3.05, 3.63) is 70.0 Å². The van der Waals surface area contributed by atoms with Gasteiger partial charge >= 0.3 is 0 Å². The third kappa shape index (κ3) is 6.28. The summed E-state index contributed by atoms with van der Waals surface area (Å²) in [5.74, 6) is -4.45. The Morgan fingerprint density at radius 3 is 2.63 bits per heavy atom. The predicted molar refractivity (Wildman–Crippen MR) is 135 cm³/mol. The number of anilines is 1. The molecule has 0 saturated heterocycles. The van der Waals surface area contributed by atoms with E-state index < -0.39 is 29.7 Å². The second-order valence-electron chi connectivity index (χ2n) is 9.30. The number of nitrogens with zero attached hydrogens (tertiary/aromatic N) is 2. The monoisotopic (exact) mass is 548 g/mol. The number of hydrogen-bond acceptors (Lipinski definition) is 6. The minimum absolute atomic E-state index is 0.0244. The van der Waals surface area contributed by atoms with E-state index in [0.29, 0.717) is 27.2 Å². The van der Waals surface area contributed by atoms with Gasteiger partial charge in [-0.05, 0) is 42.5 Å². The van der Waals surface area contributed by atoms with Gasteiger partial charge in [0.2, 0.25) is 11.8 Å². The number of halogens is 3. The van der Waals surface area contributed by atoms with Crippen LogP contribution in [0.3, 0.4) is 0 Å². The lowest BCUT2D eigenvalue weighted by Crippen LogP contribution is -2.50. The van der Waals surface area contributed by atoms with Gasteiger partial charge in [-0.15, -0.1) is 0 Å². The molecule has 2 amide bonds. The van der Waals surface area contributed by atoms with E-state index in [9.17, 15) is 23.6 Å². The van der Waals surface area contributed by atoms with Crippen LogP contribution in [0.4, 0.5) is 14.5 Å². The van der Waals surface area contributed by atoms with Crippen LogP contribution in [0.15, 0.2) is 47.3 Å². The number of aromatic nitrogens is 2. The second-order valence-corrected chi connectivity index (χ2v) is 9.74. The van der Waals surface area contributed by atoms with Gasteiger partial charge < -0.3 is 25.1 Å². The van der Waals surface area contributed by atoms with E-state index >= 15 is 0 Å². The molecular formula is C26H27ClF2N4O5. The number of hydrogen-bond donors (Lipinski definition) is 2. The Kier molecular flexibility index (Phi) is 8.27. The Balaban J connectivity index is 1.53. The maximum atomic E-state index is 13.8. The van der Waals surface area contributed by atoms with E-state index in [-0.39, 0.29) is 48.6 Å². The second kappa shape index (κ2) is 11.4. The van der Waals surface area contributed by atoms with Crippen LogP contribution in [-0.4, -0.2) is 36.0 Å². The summed E-state index contributed by atoms with van der Waals surface area (Å²) in [7, 11) is 1.44. The average Bonchev–Trinajstić information content (AvgIpc) is 3.34. The van der Waals surface area contributed by atoms with Crippen molar-refractivity contribution in [2.45, 2.75) is 51.2 Å². The Hall–Kier alpha value is -3.57. The Morgan fingerprint density at radius 1 is 1.29 bits per heavy atom. The van der Waals surface area contributed by atoms with Crippen molar-refractivity contribution in [2.24, 2.45) is 5.92 Å². The van der Waals surface area contributed by atoms with E-state index in [1.807, 2.05) is 0 Å². The average molecular weight is 549 g/mol. The fourth-order valence-corrected chi connectivity index (χ4v) is 4.75. The maximum absolute atomic E-state index is 13.8. The molecule has 0 unspecified atom stereocenters. The molecule has 12 heteroatoms. The number of alkyl halides is 2. The standard InChI is InChI=1S/C26H27ClF2N4O5/c1-15-20(11-18(27)12-33(15)36)16-3-5-19(6-4-16)30-25(35)23(17-7-9-26(28,29)10-8-17)31-24(34)21-13-38-32-22(21)14-37-2/h3-6,11-13,17,23H,7-10,14H2,1-2H3,(H,30,35)(H,31,34)/t23-/m0/s1. The van der Waals surface area contributed by atoms with Crippen molar-refractivity contribution in [1.29, 1.82) is 0 Å². The number of benzene rings is 1. The zero-order valence-electron chi connectivity index (χ0n) is 20.8. The van der Waals surface area contributed by atoms with Crippen molar-refractivity contribution < 1.29 is 32.4 Å². The first-order valence-corrected chi connectivity index (χ1v) is 12.4. The quantitative estimate of drug-likeness (QED) is 0.312. The predicted octanol–water partition coefficient (Wildman–Crippen LogP) is 4.65. The minimum atomic E-state index is -2.79. The highest BCUT2D eigenvalue weighted by atomic mass is 35.5. The third-order valence-corrected chi connectivity index (χ3v) is 6.89. The summed E-state index contributed by atoms with van der Waals surface area (Å²) in [5, 5.41) is 21.5. The molecule has 0 radical (unpaired) electrons.